The molecule has 22 heavy (non-hydrogen) atoms. The first kappa shape index (κ1) is 17.9. The molecule has 0 aromatic heterocycles. The van der Waals surface area contributed by atoms with E-state index in [1.54, 1.807) is 27.7 Å². The fourth-order valence-corrected chi connectivity index (χ4v) is 1.57. The minimum Gasteiger partial charge on any atom is -0.462 e. The highest BCUT2D eigenvalue weighted by Crippen LogP contribution is 2.17. The standard InChI is InChI=1S/C15H19F2NO4/c1-5-21-13(19)10-7-6-9(11(16)12(10)17)8-18-14(20)22-15(2,3)4/h6-7H,5,8H2,1-4H3,(H,18,20). The lowest BCUT2D eigenvalue weighted by molar-refractivity contribution is 0.0507. The number of carbonyl (C=O) groups is 2. The Kier molecular flexibility index (Phi) is 5.84. The molecule has 0 atom stereocenters. The molecule has 0 radical (unpaired) electrons. The Hall–Kier alpha value is -2.18. The van der Waals surface area contributed by atoms with Crippen molar-refractivity contribution < 1.29 is 27.8 Å². The van der Waals surface area contributed by atoms with Crippen molar-refractivity contribution in [2.24, 2.45) is 0 Å². The number of carbonyl (C=O) groups excluding carboxylic acids is 2. The smallest absolute Gasteiger partial charge is 0.407 e. The second-order valence-corrected chi connectivity index (χ2v) is 5.48. The van der Waals surface area contributed by atoms with Gasteiger partial charge >= 0.3 is 12.1 Å². The van der Waals surface area contributed by atoms with Gasteiger partial charge in [-0.25, -0.2) is 18.4 Å². The third-order valence-corrected chi connectivity index (χ3v) is 2.48. The maximum atomic E-state index is 13.9. The molecule has 5 nitrogen and oxygen atoms in total. The summed E-state index contributed by atoms with van der Waals surface area (Å²) in [6.07, 6.45) is -0.748. The highest BCUT2D eigenvalue weighted by Gasteiger charge is 2.20. The van der Waals surface area contributed by atoms with Crippen LogP contribution in [0.4, 0.5) is 13.6 Å². The fraction of sp³-hybridized carbons (Fsp3) is 0.467. The summed E-state index contributed by atoms with van der Waals surface area (Å²) in [5.74, 6) is -3.45. The third-order valence-electron chi connectivity index (χ3n) is 2.48. The number of esters is 1. The van der Waals surface area contributed by atoms with Crippen LogP contribution in [0.15, 0.2) is 12.1 Å². The summed E-state index contributed by atoms with van der Waals surface area (Å²) in [5, 5.41) is 2.31. The van der Waals surface area contributed by atoms with Crippen LogP contribution in [0.5, 0.6) is 0 Å². The molecule has 0 saturated heterocycles. The first-order chi connectivity index (χ1) is 10.2. The zero-order valence-electron chi connectivity index (χ0n) is 13.0. The van der Waals surface area contributed by atoms with Crippen molar-refractivity contribution in [2.45, 2.75) is 39.8 Å². The maximum Gasteiger partial charge on any atom is 0.407 e. The molecule has 1 rings (SSSR count). The SMILES string of the molecule is CCOC(=O)c1ccc(CNC(=O)OC(C)(C)C)c(F)c1F. The maximum absolute atomic E-state index is 13.9. The summed E-state index contributed by atoms with van der Waals surface area (Å²) >= 11 is 0. The molecule has 0 saturated carbocycles. The van der Waals surface area contributed by atoms with E-state index >= 15 is 0 Å². The van der Waals surface area contributed by atoms with Crippen LogP contribution in [0.3, 0.4) is 0 Å². The van der Waals surface area contributed by atoms with Crippen LogP contribution in [0, 0.1) is 11.6 Å². The summed E-state index contributed by atoms with van der Waals surface area (Å²) in [4.78, 5) is 22.9. The number of hydrogen-bond acceptors (Lipinski definition) is 4. The van der Waals surface area contributed by atoms with E-state index in [-0.39, 0.29) is 18.7 Å². The largest absolute Gasteiger partial charge is 0.462 e. The predicted molar refractivity (Wildman–Crippen MR) is 75.4 cm³/mol. The van der Waals surface area contributed by atoms with Gasteiger partial charge in [0.1, 0.15) is 5.60 Å². The van der Waals surface area contributed by atoms with Crippen molar-refractivity contribution in [2.75, 3.05) is 6.61 Å². The molecule has 1 amide bonds. The van der Waals surface area contributed by atoms with E-state index in [1.165, 1.54) is 6.07 Å². The summed E-state index contributed by atoms with van der Waals surface area (Å²) in [6, 6.07) is 2.32. The van der Waals surface area contributed by atoms with Crippen LogP contribution in [-0.4, -0.2) is 24.3 Å². The van der Waals surface area contributed by atoms with E-state index in [4.69, 9.17) is 4.74 Å². The van der Waals surface area contributed by atoms with Gasteiger partial charge in [0.2, 0.25) is 0 Å². The Morgan fingerprint density at radius 1 is 1.18 bits per heavy atom. The molecule has 1 aromatic rings. The number of rotatable bonds is 4. The molecule has 0 fully saturated rings. The Morgan fingerprint density at radius 2 is 1.82 bits per heavy atom. The van der Waals surface area contributed by atoms with E-state index in [0.717, 1.165) is 6.07 Å². The topological polar surface area (TPSA) is 64.6 Å². The Bertz CT molecular complexity index is 567. The second kappa shape index (κ2) is 7.20. The fourth-order valence-electron chi connectivity index (χ4n) is 1.57. The quantitative estimate of drug-likeness (QED) is 0.867. The highest BCUT2D eigenvalue weighted by atomic mass is 19.2. The average Bonchev–Trinajstić information content (AvgIpc) is 2.38. The van der Waals surface area contributed by atoms with Crippen LogP contribution >= 0.6 is 0 Å². The number of alkyl carbamates (subject to hydrolysis) is 1. The van der Waals surface area contributed by atoms with Crippen LogP contribution in [0.1, 0.15) is 43.6 Å². The number of nitrogens with one attached hydrogen (secondary N) is 1. The number of ether oxygens (including phenoxy) is 2. The average molecular weight is 315 g/mol. The van der Waals surface area contributed by atoms with Crippen molar-refractivity contribution in [3.63, 3.8) is 0 Å². The minimum atomic E-state index is -1.30. The summed E-state index contributed by atoms with van der Waals surface area (Å²) in [6.45, 7) is 6.40. The van der Waals surface area contributed by atoms with E-state index in [0.29, 0.717) is 0 Å². The monoisotopic (exact) mass is 315 g/mol. The van der Waals surface area contributed by atoms with Gasteiger partial charge in [0.15, 0.2) is 11.6 Å². The molecular weight excluding hydrogens is 296 g/mol. The number of amides is 1. The van der Waals surface area contributed by atoms with E-state index in [1.807, 2.05) is 0 Å². The van der Waals surface area contributed by atoms with Crippen molar-refractivity contribution in [3.8, 4) is 0 Å². The third kappa shape index (κ3) is 4.98. The molecule has 0 aliphatic rings. The molecule has 7 heteroatoms. The molecule has 1 aromatic carbocycles. The molecule has 0 aliphatic heterocycles. The van der Waals surface area contributed by atoms with Crippen LogP contribution in [0.2, 0.25) is 0 Å². The molecule has 0 unspecified atom stereocenters. The zero-order valence-corrected chi connectivity index (χ0v) is 13.0. The van der Waals surface area contributed by atoms with Crippen molar-refractivity contribution in [3.05, 3.63) is 34.9 Å². The highest BCUT2D eigenvalue weighted by molar-refractivity contribution is 5.89. The zero-order chi connectivity index (χ0) is 16.9. The molecular formula is C15H19F2NO4. The van der Waals surface area contributed by atoms with Crippen LogP contribution in [-0.2, 0) is 16.0 Å². The summed E-state index contributed by atoms with van der Waals surface area (Å²) in [5.41, 5.74) is -1.28. The van der Waals surface area contributed by atoms with Crippen molar-refractivity contribution >= 4 is 12.1 Å². The second-order valence-electron chi connectivity index (χ2n) is 5.48. The van der Waals surface area contributed by atoms with E-state index < -0.39 is 34.9 Å². The van der Waals surface area contributed by atoms with Crippen LogP contribution in [0.25, 0.3) is 0 Å². The van der Waals surface area contributed by atoms with Gasteiger partial charge in [-0.05, 0) is 33.8 Å². The van der Waals surface area contributed by atoms with Gasteiger partial charge in [-0.2, -0.15) is 0 Å². The van der Waals surface area contributed by atoms with Gasteiger partial charge in [-0.15, -0.1) is 0 Å². The molecule has 0 bridgehead atoms. The number of hydrogen-bond donors (Lipinski definition) is 1. The number of halogens is 2. The van der Waals surface area contributed by atoms with Gasteiger partial charge in [0.25, 0.3) is 0 Å². The molecule has 0 heterocycles. The van der Waals surface area contributed by atoms with Crippen molar-refractivity contribution in [1.82, 2.24) is 5.32 Å². The van der Waals surface area contributed by atoms with Crippen molar-refractivity contribution in [1.29, 1.82) is 0 Å². The molecule has 0 spiro atoms. The first-order valence-electron chi connectivity index (χ1n) is 6.76. The Morgan fingerprint density at radius 3 is 2.36 bits per heavy atom. The van der Waals surface area contributed by atoms with Gasteiger partial charge in [0, 0.05) is 12.1 Å². The van der Waals surface area contributed by atoms with Crippen LogP contribution < -0.4 is 5.32 Å². The Labute approximate surface area is 127 Å². The lowest BCUT2D eigenvalue weighted by Crippen LogP contribution is -2.32. The normalized spacial score (nSPS) is 11.0. The Balaban J connectivity index is 2.80. The van der Waals surface area contributed by atoms with E-state index in [9.17, 15) is 18.4 Å². The van der Waals surface area contributed by atoms with E-state index in [2.05, 4.69) is 10.1 Å². The molecule has 1 N–H and O–H groups in total. The summed E-state index contributed by atoms with van der Waals surface area (Å²) in [7, 11) is 0. The van der Waals surface area contributed by atoms with Gasteiger partial charge < -0.3 is 14.8 Å². The van der Waals surface area contributed by atoms with Gasteiger partial charge in [-0.1, -0.05) is 6.07 Å². The summed E-state index contributed by atoms with van der Waals surface area (Å²) < 4.78 is 37.3. The minimum absolute atomic E-state index is 0.0574. The molecule has 0 aliphatic carbocycles. The lowest BCUT2D eigenvalue weighted by atomic mass is 10.1. The predicted octanol–water partition coefficient (Wildman–Crippen LogP) is 3.17. The lowest BCUT2D eigenvalue weighted by Gasteiger charge is -2.19. The molecule has 122 valence electrons. The van der Waals surface area contributed by atoms with Gasteiger partial charge in [0.05, 0.1) is 12.2 Å². The number of benzene rings is 1. The van der Waals surface area contributed by atoms with Gasteiger partial charge in [-0.3, -0.25) is 0 Å². The first-order valence-corrected chi connectivity index (χ1v) is 6.76.